The topological polar surface area (TPSA) is 3.24 Å². The van der Waals surface area contributed by atoms with Crippen molar-refractivity contribution in [3.8, 4) is 55.6 Å². The molecule has 1 nitrogen and oxygen atoms in total. The highest BCUT2D eigenvalue weighted by molar-refractivity contribution is 5.97. The fourth-order valence-corrected chi connectivity index (χ4v) is 6.51. The van der Waals surface area contributed by atoms with E-state index in [9.17, 15) is 11.0 Å². The second kappa shape index (κ2) is 14.3. The molecule has 0 saturated heterocycles. The van der Waals surface area contributed by atoms with Crippen LogP contribution in [0.1, 0.15) is 17.8 Å². The zero-order valence-corrected chi connectivity index (χ0v) is 28.3. The quantitative estimate of drug-likeness (QED) is 0.154. The van der Waals surface area contributed by atoms with Gasteiger partial charge in [-0.15, -0.1) is 0 Å². The predicted molar refractivity (Wildman–Crippen MR) is 226 cm³/mol. The summed E-state index contributed by atoms with van der Waals surface area (Å²) in [5.74, 6) is 0. The second-order valence-corrected chi connectivity index (χ2v) is 12.4. The van der Waals surface area contributed by atoms with Gasteiger partial charge in [-0.25, -0.2) is 0 Å². The third kappa shape index (κ3) is 6.65. The molecule has 0 bridgehead atoms. The van der Waals surface area contributed by atoms with Gasteiger partial charge in [-0.05, 0) is 121 Å². The highest BCUT2D eigenvalue weighted by Crippen LogP contribution is 2.40. The Bertz CT molecular complexity index is 3260. The second-order valence-electron chi connectivity index (χ2n) is 12.4. The van der Waals surface area contributed by atoms with Crippen LogP contribution in [-0.4, -0.2) is 0 Å². The van der Waals surface area contributed by atoms with E-state index in [0.29, 0.717) is 11.1 Å². The lowest BCUT2D eigenvalue weighted by molar-refractivity contribution is 1.28. The molecular weight excluding hydrogens is 639 g/mol. The standard InChI is InChI=1S/C52H37N/c1-4-14-38(15-5-1)41-26-30-48(31-27-41)53(50-23-12-22-44(37-50)52-25-13-21-43-20-10-11-24-51(43)52)49-32-28-42(29-33-49)47-35-45(39-16-6-2-7-17-39)34-46(36-47)40-18-8-3-9-19-40/h1-37H/i1D,4D,5D,14D,15D,26D,27D,28D,29D,30D,31D,32D,33D. The average molecular weight is 689 g/mol. The van der Waals surface area contributed by atoms with Crippen molar-refractivity contribution in [1.29, 1.82) is 0 Å². The summed E-state index contributed by atoms with van der Waals surface area (Å²) in [4.78, 5) is 1.20. The van der Waals surface area contributed by atoms with E-state index in [0.717, 1.165) is 38.6 Å². The molecule has 0 amide bonds. The molecule has 0 aliphatic carbocycles. The summed E-state index contributed by atoms with van der Waals surface area (Å²) in [6.45, 7) is 0. The van der Waals surface area contributed by atoms with Crippen molar-refractivity contribution in [1.82, 2.24) is 0 Å². The summed E-state index contributed by atoms with van der Waals surface area (Å²) in [5.41, 5.74) is 3.53. The van der Waals surface area contributed by atoms with Gasteiger partial charge in [0.05, 0.1) is 17.8 Å². The van der Waals surface area contributed by atoms with Crippen LogP contribution in [0, 0.1) is 0 Å². The highest BCUT2D eigenvalue weighted by atomic mass is 15.1. The molecule has 9 aromatic rings. The number of fused-ring (bicyclic) bond motifs is 1. The van der Waals surface area contributed by atoms with Crippen LogP contribution >= 0.6 is 0 Å². The minimum atomic E-state index is -0.738. The van der Waals surface area contributed by atoms with E-state index in [4.69, 9.17) is 6.85 Å². The summed E-state index contributed by atoms with van der Waals surface area (Å²) < 4.78 is 118. The van der Waals surface area contributed by atoms with Crippen LogP contribution in [-0.2, 0) is 0 Å². The van der Waals surface area contributed by atoms with Crippen LogP contribution in [0.25, 0.3) is 66.4 Å². The van der Waals surface area contributed by atoms with Crippen molar-refractivity contribution in [2.75, 3.05) is 4.90 Å². The highest BCUT2D eigenvalue weighted by Gasteiger charge is 2.16. The monoisotopic (exact) mass is 688 g/mol. The molecule has 1 heteroatoms. The first-order valence-corrected chi connectivity index (χ1v) is 17.1. The Kier molecular flexibility index (Phi) is 5.62. The van der Waals surface area contributed by atoms with Gasteiger partial charge in [-0.3, -0.25) is 0 Å². The van der Waals surface area contributed by atoms with Gasteiger partial charge in [-0.1, -0.05) is 170 Å². The lowest BCUT2D eigenvalue weighted by Gasteiger charge is -2.26. The maximum Gasteiger partial charge on any atom is 0.0645 e. The minimum Gasteiger partial charge on any atom is -0.310 e. The molecule has 0 aliphatic rings. The molecule has 0 heterocycles. The molecule has 0 saturated carbocycles. The molecule has 250 valence electrons. The van der Waals surface area contributed by atoms with Crippen molar-refractivity contribution < 1.29 is 17.8 Å². The minimum absolute atomic E-state index is 0.00394. The third-order valence-corrected chi connectivity index (χ3v) is 9.06. The Balaban J connectivity index is 1.33. The zero-order chi connectivity index (χ0) is 46.7. The molecule has 0 fully saturated rings. The smallest absolute Gasteiger partial charge is 0.0645 e. The molecule has 9 aromatic carbocycles. The van der Waals surface area contributed by atoms with Gasteiger partial charge in [0.15, 0.2) is 0 Å². The fraction of sp³-hybridized carbons (Fsp3) is 0. The van der Waals surface area contributed by atoms with E-state index >= 15 is 0 Å². The Labute approximate surface area is 330 Å². The van der Waals surface area contributed by atoms with E-state index in [-0.39, 0.29) is 16.9 Å². The summed E-state index contributed by atoms with van der Waals surface area (Å²) in [7, 11) is 0. The first kappa shape index (κ1) is 20.8. The third-order valence-electron chi connectivity index (χ3n) is 9.06. The van der Waals surface area contributed by atoms with Gasteiger partial charge in [-0.2, -0.15) is 0 Å². The molecule has 0 aromatic heterocycles. The SMILES string of the molecule is [2H]c1c([2H])c([2H])c(-c2c([2H])c([2H])c(N(c3cccc(-c4cccc5ccccc45)c3)c3c([2H])c([2H])c(-c4cc(-c5ccccc5)cc(-c5ccccc5)c4)c([2H])c3[2H])c([2H])c2[2H])c([2H])c1[2H]. The zero-order valence-electron chi connectivity index (χ0n) is 41.3. The van der Waals surface area contributed by atoms with Gasteiger partial charge in [0.2, 0.25) is 0 Å². The van der Waals surface area contributed by atoms with E-state index in [1.807, 2.05) is 127 Å². The van der Waals surface area contributed by atoms with Crippen LogP contribution in [0.5, 0.6) is 0 Å². The van der Waals surface area contributed by atoms with Crippen LogP contribution in [0.3, 0.4) is 0 Å². The van der Waals surface area contributed by atoms with Crippen LogP contribution in [0.2, 0.25) is 0 Å². The van der Waals surface area contributed by atoms with E-state index in [2.05, 4.69) is 0 Å². The number of benzene rings is 9. The number of nitrogens with zero attached hydrogens (tertiary/aromatic N) is 1. The molecule has 53 heavy (non-hydrogen) atoms. The average Bonchev–Trinajstić information content (AvgIpc) is 3.35. The Hall–Kier alpha value is -6.96. The lowest BCUT2D eigenvalue weighted by atomic mass is 9.93. The Morgan fingerprint density at radius 2 is 0.774 bits per heavy atom. The van der Waals surface area contributed by atoms with Gasteiger partial charge < -0.3 is 4.90 Å². The van der Waals surface area contributed by atoms with Crippen molar-refractivity contribution in [2.45, 2.75) is 0 Å². The molecule has 0 spiro atoms. The predicted octanol–water partition coefficient (Wildman–Crippen LogP) is 14.6. The summed E-state index contributed by atoms with van der Waals surface area (Å²) in [5, 5.41) is 1.87. The first-order chi connectivity index (χ1) is 31.7. The Morgan fingerprint density at radius 1 is 0.302 bits per heavy atom. The van der Waals surface area contributed by atoms with Gasteiger partial charge >= 0.3 is 0 Å². The molecule has 0 unspecified atom stereocenters. The molecule has 0 radical (unpaired) electrons. The summed E-state index contributed by atoms with van der Waals surface area (Å²) in [6.07, 6.45) is 0. The Morgan fingerprint density at radius 3 is 1.40 bits per heavy atom. The fourth-order valence-electron chi connectivity index (χ4n) is 6.51. The van der Waals surface area contributed by atoms with Crippen molar-refractivity contribution >= 4 is 27.8 Å². The molecule has 9 rings (SSSR count). The van der Waals surface area contributed by atoms with Gasteiger partial charge in [0, 0.05) is 17.1 Å². The summed E-state index contributed by atoms with van der Waals surface area (Å²) in [6, 6.07) is 36.9. The van der Waals surface area contributed by atoms with Gasteiger partial charge in [0.1, 0.15) is 0 Å². The van der Waals surface area contributed by atoms with Crippen molar-refractivity contribution in [2.24, 2.45) is 0 Å². The first-order valence-electron chi connectivity index (χ1n) is 23.6. The number of hydrogen-bond acceptors (Lipinski definition) is 1. The largest absolute Gasteiger partial charge is 0.310 e. The molecule has 0 aliphatic heterocycles. The number of hydrogen-bond donors (Lipinski definition) is 0. The van der Waals surface area contributed by atoms with Crippen molar-refractivity contribution in [3.63, 3.8) is 0 Å². The van der Waals surface area contributed by atoms with E-state index < -0.39 is 95.4 Å². The normalized spacial score (nSPS) is 14.5. The number of rotatable bonds is 8. The molecule has 0 N–H and O–H groups in total. The van der Waals surface area contributed by atoms with Crippen molar-refractivity contribution in [3.05, 3.63) is 224 Å². The molecule has 0 atom stereocenters. The summed E-state index contributed by atoms with van der Waals surface area (Å²) >= 11 is 0. The molecular formula is C52H37N. The lowest BCUT2D eigenvalue weighted by Crippen LogP contribution is -2.10. The van der Waals surface area contributed by atoms with Crippen LogP contribution in [0.15, 0.2) is 224 Å². The van der Waals surface area contributed by atoms with Gasteiger partial charge in [0.25, 0.3) is 0 Å². The maximum absolute atomic E-state index is 9.70. The van der Waals surface area contributed by atoms with E-state index in [1.54, 1.807) is 18.2 Å². The number of anilines is 3. The van der Waals surface area contributed by atoms with Crippen LogP contribution in [0.4, 0.5) is 17.1 Å². The van der Waals surface area contributed by atoms with Crippen LogP contribution < -0.4 is 4.90 Å². The maximum atomic E-state index is 9.70. The van der Waals surface area contributed by atoms with E-state index in [1.165, 1.54) is 4.90 Å².